The molecule has 0 spiro atoms. The van der Waals surface area contributed by atoms with Crippen LogP contribution in [0.5, 0.6) is 0 Å². The van der Waals surface area contributed by atoms with E-state index >= 15 is 0 Å². The highest BCUT2D eigenvalue weighted by atomic mass is 16.1. The molecule has 0 radical (unpaired) electrons. The molecule has 0 saturated heterocycles. The number of carbonyl (C=O) groups excluding carboxylic acids is 1. The summed E-state index contributed by atoms with van der Waals surface area (Å²) in [7, 11) is 0. The highest BCUT2D eigenvalue weighted by Gasteiger charge is 2.21. The Morgan fingerprint density at radius 2 is 2.05 bits per heavy atom. The Labute approximate surface area is 126 Å². The van der Waals surface area contributed by atoms with Gasteiger partial charge in [0.05, 0.1) is 6.04 Å². The maximum absolute atomic E-state index is 11.8. The van der Waals surface area contributed by atoms with E-state index in [0.717, 1.165) is 50.5 Å². The number of hydrogen-bond acceptors (Lipinski definition) is 2. The first kappa shape index (κ1) is 15.6. The van der Waals surface area contributed by atoms with Crippen LogP contribution in [0.1, 0.15) is 63.0 Å². The van der Waals surface area contributed by atoms with Crippen molar-refractivity contribution in [3.8, 4) is 0 Å². The second kappa shape index (κ2) is 8.48. The summed E-state index contributed by atoms with van der Waals surface area (Å²) in [5, 5.41) is 3.91. The molecular formula is C17H23N3O. The first-order chi connectivity index (χ1) is 10.3. The number of rotatable bonds is 7. The van der Waals surface area contributed by atoms with Gasteiger partial charge in [0.15, 0.2) is 0 Å². The summed E-state index contributed by atoms with van der Waals surface area (Å²) < 4.78 is 0. The van der Waals surface area contributed by atoms with E-state index in [1.165, 1.54) is 6.42 Å². The minimum atomic E-state index is -0.0849. The van der Waals surface area contributed by atoms with Crippen molar-refractivity contribution in [1.82, 2.24) is 0 Å². The van der Waals surface area contributed by atoms with Crippen molar-refractivity contribution in [3.63, 3.8) is 0 Å². The van der Waals surface area contributed by atoms with Gasteiger partial charge in [0, 0.05) is 17.3 Å². The fraction of sp³-hybridized carbons (Fsp3) is 0.588. The van der Waals surface area contributed by atoms with Crippen molar-refractivity contribution >= 4 is 5.78 Å². The Hall–Kier alpha value is -1.80. The molecule has 1 fully saturated rings. The molecule has 1 aliphatic rings. The van der Waals surface area contributed by atoms with E-state index < -0.39 is 0 Å². The maximum Gasteiger partial charge on any atom is 0.135 e. The Balaban J connectivity index is 1.77. The molecule has 0 aromatic heterocycles. The number of ketones is 1. The second-order valence-corrected chi connectivity index (χ2v) is 5.82. The van der Waals surface area contributed by atoms with Crippen LogP contribution < -0.4 is 0 Å². The zero-order chi connectivity index (χ0) is 14.9. The van der Waals surface area contributed by atoms with Gasteiger partial charge in [-0.15, -0.1) is 0 Å². The van der Waals surface area contributed by atoms with Crippen LogP contribution in [0, 0.1) is 5.92 Å². The molecule has 0 amide bonds. The molecule has 4 heteroatoms. The van der Waals surface area contributed by atoms with Crippen LogP contribution in [-0.4, -0.2) is 5.78 Å². The molecule has 0 N–H and O–H groups in total. The Bertz CT molecular complexity index is 494. The van der Waals surface area contributed by atoms with E-state index in [1.54, 1.807) is 0 Å². The molecule has 1 aliphatic carbocycles. The highest BCUT2D eigenvalue weighted by molar-refractivity contribution is 5.81. The third-order valence-electron chi connectivity index (χ3n) is 4.34. The zero-order valence-electron chi connectivity index (χ0n) is 12.4. The van der Waals surface area contributed by atoms with Crippen LogP contribution in [0.2, 0.25) is 0 Å². The molecule has 1 saturated carbocycles. The first-order valence-corrected chi connectivity index (χ1v) is 7.93. The lowest BCUT2D eigenvalue weighted by atomic mass is 9.84. The van der Waals surface area contributed by atoms with Gasteiger partial charge >= 0.3 is 0 Å². The number of nitrogens with zero attached hydrogens (tertiary/aromatic N) is 3. The first-order valence-electron chi connectivity index (χ1n) is 7.93. The van der Waals surface area contributed by atoms with Crippen molar-refractivity contribution < 1.29 is 4.79 Å². The molecule has 1 aromatic carbocycles. The molecule has 112 valence electrons. The van der Waals surface area contributed by atoms with E-state index in [1.807, 2.05) is 30.3 Å². The van der Waals surface area contributed by atoms with Crippen LogP contribution in [0.15, 0.2) is 35.4 Å². The maximum atomic E-state index is 11.8. The lowest BCUT2D eigenvalue weighted by Gasteiger charge is -2.20. The predicted molar refractivity (Wildman–Crippen MR) is 83.8 cm³/mol. The average Bonchev–Trinajstić information content (AvgIpc) is 2.53. The second-order valence-electron chi connectivity index (χ2n) is 5.82. The van der Waals surface area contributed by atoms with Crippen LogP contribution in [0.25, 0.3) is 10.4 Å². The van der Waals surface area contributed by atoms with Crippen molar-refractivity contribution in [1.29, 1.82) is 0 Å². The molecule has 2 unspecified atom stereocenters. The number of Topliss-reactive ketones (excluding diaryl/α,β-unsaturated/α-hetero) is 1. The van der Waals surface area contributed by atoms with Crippen LogP contribution >= 0.6 is 0 Å². The molecule has 0 aliphatic heterocycles. The summed E-state index contributed by atoms with van der Waals surface area (Å²) in [4.78, 5) is 14.7. The largest absolute Gasteiger partial charge is 0.299 e. The van der Waals surface area contributed by atoms with Crippen molar-refractivity contribution in [2.75, 3.05) is 0 Å². The minimum Gasteiger partial charge on any atom is -0.299 e. The van der Waals surface area contributed by atoms with E-state index in [0.29, 0.717) is 5.78 Å². The molecule has 21 heavy (non-hydrogen) atoms. The molecule has 2 rings (SSSR count). The minimum absolute atomic E-state index is 0.0849. The standard InChI is InChI=1S/C17H23N3O/c18-20-19-16(14-8-2-1-3-9-14)12-6-4-10-15-11-5-7-13-17(15)21/h1-3,8-9,15-16H,4-7,10-13H2. The zero-order valence-corrected chi connectivity index (χ0v) is 12.4. The van der Waals surface area contributed by atoms with Crippen LogP contribution in [0.3, 0.4) is 0 Å². The summed E-state index contributed by atoms with van der Waals surface area (Å²) in [6.45, 7) is 0. The molecular weight excluding hydrogens is 262 g/mol. The fourth-order valence-corrected chi connectivity index (χ4v) is 3.12. The summed E-state index contributed by atoms with van der Waals surface area (Å²) in [6.07, 6.45) is 8.01. The van der Waals surface area contributed by atoms with E-state index in [9.17, 15) is 4.79 Å². The Morgan fingerprint density at radius 1 is 1.24 bits per heavy atom. The van der Waals surface area contributed by atoms with Gasteiger partial charge in [-0.25, -0.2) is 0 Å². The van der Waals surface area contributed by atoms with Gasteiger partial charge in [0.25, 0.3) is 0 Å². The summed E-state index contributed by atoms with van der Waals surface area (Å²) in [5.74, 6) is 0.740. The molecule has 0 bridgehead atoms. The monoisotopic (exact) mass is 285 g/mol. The molecule has 0 heterocycles. The van der Waals surface area contributed by atoms with Crippen molar-refractivity contribution in [2.24, 2.45) is 11.0 Å². The fourth-order valence-electron chi connectivity index (χ4n) is 3.12. The lowest BCUT2D eigenvalue weighted by molar-refractivity contribution is -0.124. The highest BCUT2D eigenvalue weighted by Crippen LogP contribution is 2.28. The van der Waals surface area contributed by atoms with Gasteiger partial charge in [0.1, 0.15) is 5.78 Å². The SMILES string of the molecule is [N-]=[N+]=NC(CCCCC1CCCCC1=O)c1ccccc1. The molecule has 2 atom stereocenters. The van der Waals surface area contributed by atoms with Crippen molar-refractivity contribution in [2.45, 2.75) is 57.4 Å². The predicted octanol–water partition coefficient (Wildman–Crippen LogP) is 5.36. The average molecular weight is 285 g/mol. The van der Waals surface area contributed by atoms with Gasteiger partial charge in [-0.05, 0) is 36.8 Å². The third-order valence-corrected chi connectivity index (χ3v) is 4.34. The summed E-state index contributed by atoms with van der Waals surface area (Å²) in [5.41, 5.74) is 9.78. The van der Waals surface area contributed by atoms with E-state index in [2.05, 4.69) is 10.0 Å². The molecule has 4 nitrogen and oxygen atoms in total. The smallest absolute Gasteiger partial charge is 0.135 e. The van der Waals surface area contributed by atoms with Gasteiger partial charge in [0.2, 0.25) is 0 Å². The number of carbonyl (C=O) groups is 1. The van der Waals surface area contributed by atoms with Crippen molar-refractivity contribution in [3.05, 3.63) is 46.3 Å². The number of benzene rings is 1. The van der Waals surface area contributed by atoms with Gasteiger partial charge in [-0.2, -0.15) is 0 Å². The Kier molecular flexibility index (Phi) is 6.29. The molecule has 1 aromatic rings. The van der Waals surface area contributed by atoms with Crippen LogP contribution in [0.4, 0.5) is 0 Å². The quantitative estimate of drug-likeness (QED) is 0.288. The van der Waals surface area contributed by atoms with Crippen LogP contribution in [-0.2, 0) is 4.79 Å². The topological polar surface area (TPSA) is 65.8 Å². The van der Waals surface area contributed by atoms with E-state index in [-0.39, 0.29) is 12.0 Å². The van der Waals surface area contributed by atoms with Gasteiger partial charge in [-0.3, -0.25) is 4.79 Å². The summed E-state index contributed by atoms with van der Waals surface area (Å²) in [6, 6.07) is 9.82. The third kappa shape index (κ3) is 4.91. The number of unbranched alkanes of at least 4 members (excludes halogenated alkanes) is 1. The van der Waals surface area contributed by atoms with E-state index in [4.69, 9.17) is 5.53 Å². The van der Waals surface area contributed by atoms with Gasteiger partial charge in [-0.1, -0.05) is 54.7 Å². The Morgan fingerprint density at radius 3 is 2.76 bits per heavy atom. The van der Waals surface area contributed by atoms with Gasteiger partial charge < -0.3 is 0 Å². The normalized spacial score (nSPS) is 19.8. The number of azide groups is 1. The summed E-state index contributed by atoms with van der Waals surface area (Å²) >= 11 is 0. The number of hydrogen-bond donors (Lipinski definition) is 0. The lowest BCUT2D eigenvalue weighted by Crippen LogP contribution is -2.18.